The predicted molar refractivity (Wildman–Crippen MR) is 153 cm³/mol. The van der Waals surface area contributed by atoms with E-state index in [1.807, 2.05) is 60.7 Å². The molecule has 0 heterocycles. The first-order valence-electron chi connectivity index (χ1n) is 12.9. The van der Waals surface area contributed by atoms with Crippen molar-refractivity contribution < 1.29 is 19.1 Å². The molecule has 0 aromatic heterocycles. The third-order valence-corrected chi connectivity index (χ3v) is 5.83. The second kappa shape index (κ2) is 12.3. The van der Waals surface area contributed by atoms with Crippen molar-refractivity contribution in [2.45, 2.75) is 27.7 Å². The molecule has 0 atom stereocenters. The number of benzene rings is 4. The highest BCUT2D eigenvalue weighted by atomic mass is 16.5. The molecule has 2 N–H and O–H groups in total. The summed E-state index contributed by atoms with van der Waals surface area (Å²) in [4.78, 5) is 26.5. The van der Waals surface area contributed by atoms with Crippen LogP contribution in [-0.4, -0.2) is 25.0 Å². The van der Waals surface area contributed by atoms with Crippen molar-refractivity contribution in [3.63, 3.8) is 0 Å². The third-order valence-electron chi connectivity index (χ3n) is 5.83. The smallest absolute Gasteiger partial charge is 0.259 e. The van der Waals surface area contributed by atoms with Crippen molar-refractivity contribution in [2.75, 3.05) is 23.8 Å². The van der Waals surface area contributed by atoms with Gasteiger partial charge in [-0.05, 0) is 48.2 Å². The predicted octanol–water partition coefficient (Wildman–Crippen LogP) is 7.41. The van der Waals surface area contributed by atoms with E-state index in [9.17, 15) is 9.59 Å². The fourth-order valence-electron chi connectivity index (χ4n) is 3.98. The monoisotopic (exact) mass is 510 g/mol. The first-order valence-corrected chi connectivity index (χ1v) is 12.9. The number of amides is 2. The van der Waals surface area contributed by atoms with Gasteiger partial charge in [-0.3, -0.25) is 9.59 Å². The molecule has 0 radical (unpaired) electrons. The van der Waals surface area contributed by atoms with Gasteiger partial charge in [0.05, 0.1) is 24.3 Å². The first kappa shape index (κ1) is 26.7. The number of hydrogen-bond donors (Lipinski definition) is 2. The molecule has 0 aliphatic heterocycles. The highest BCUT2D eigenvalue weighted by molar-refractivity contribution is 6.15. The standard InChI is InChI=1S/C32H34N2O4/c1-21(2)19-37-29-17-7-5-11-25(29)31(35)33-27-15-9-14-24-23(27)13-10-16-28(24)34-32(36)26-12-6-8-18-30(26)38-20-22(3)4/h5-18,21-22H,19-20H2,1-4H3,(H,33,35)(H,34,36). The van der Waals surface area contributed by atoms with Crippen molar-refractivity contribution in [1.82, 2.24) is 0 Å². The Balaban J connectivity index is 1.58. The van der Waals surface area contributed by atoms with Crippen molar-refractivity contribution in [3.8, 4) is 11.5 Å². The van der Waals surface area contributed by atoms with Gasteiger partial charge in [0.15, 0.2) is 0 Å². The maximum absolute atomic E-state index is 13.2. The van der Waals surface area contributed by atoms with Crippen LogP contribution in [0, 0.1) is 11.8 Å². The van der Waals surface area contributed by atoms with E-state index in [-0.39, 0.29) is 11.8 Å². The van der Waals surface area contributed by atoms with Crippen LogP contribution in [0.15, 0.2) is 84.9 Å². The molecule has 0 bridgehead atoms. The second-order valence-electron chi connectivity index (χ2n) is 10.0. The quantitative estimate of drug-likeness (QED) is 0.233. The molecule has 38 heavy (non-hydrogen) atoms. The van der Waals surface area contributed by atoms with Gasteiger partial charge in [0, 0.05) is 22.1 Å². The van der Waals surface area contributed by atoms with Gasteiger partial charge in [-0.2, -0.15) is 0 Å². The number of para-hydroxylation sites is 2. The molecule has 0 aliphatic rings. The molecule has 4 aromatic rings. The highest BCUT2D eigenvalue weighted by Gasteiger charge is 2.17. The van der Waals surface area contributed by atoms with Gasteiger partial charge in [0.25, 0.3) is 11.8 Å². The summed E-state index contributed by atoms with van der Waals surface area (Å²) in [5.41, 5.74) is 2.21. The van der Waals surface area contributed by atoms with Gasteiger partial charge >= 0.3 is 0 Å². The fraction of sp³-hybridized carbons (Fsp3) is 0.250. The Bertz CT molecular complexity index is 1320. The number of nitrogens with one attached hydrogen (secondary N) is 2. The molecule has 0 unspecified atom stereocenters. The fourth-order valence-corrected chi connectivity index (χ4v) is 3.98. The number of rotatable bonds is 10. The summed E-state index contributed by atoms with van der Waals surface area (Å²) >= 11 is 0. The zero-order chi connectivity index (χ0) is 27.1. The average Bonchev–Trinajstić information content (AvgIpc) is 2.91. The van der Waals surface area contributed by atoms with Gasteiger partial charge in [-0.1, -0.05) is 76.2 Å². The van der Waals surface area contributed by atoms with Gasteiger partial charge < -0.3 is 20.1 Å². The van der Waals surface area contributed by atoms with Gasteiger partial charge in [-0.15, -0.1) is 0 Å². The number of anilines is 2. The van der Waals surface area contributed by atoms with Crippen LogP contribution in [0.5, 0.6) is 11.5 Å². The Kier molecular flexibility index (Phi) is 8.64. The lowest BCUT2D eigenvalue weighted by Crippen LogP contribution is -2.16. The van der Waals surface area contributed by atoms with Crippen LogP contribution in [0.25, 0.3) is 10.8 Å². The molecule has 0 saturated carbocycles. The van der Waals surface area contributed by atoms with Gasteiger partial charge in [0.1, 0.15) is 11.5 Å². The van der Waals surface area contributed by atoms with E-state index in [1.165, 1.54) is 0 Å². The van der Waals surface area contributed by atoms with Crippen molar-refractivity contribution in [1.29, 1.82) is 0 Å². The molecule has 196 valence electrons. The Morgan fingerprint density at radius 2 is 0.974 bits per heavy atom. The Hall–Kier alpha value is -4.32. The minimum Gasteiger partial charge on any atom is -0.492 e. The van der Waals surface area contributed by atoms with E-state index in [4.69, 9.17) is 9.47 Å². The molecular formula is C32H34N2O4. The lowest BCUT2D eigenvalue weighted by atomic mass is 10.1. The number of carbonyl (C=O) groups excluding carboxylic acids is 2. The molecule has 6 heteroatoms. The molecule has 0 spiro atoms. The summed E-state index contributed by atoms with van der Waals surface area (Å²) in [6, 6.07) is 25.7. The van der Waals surface area contributed by atoms with Crippen molar-refractivity contribution in [3.05, 3.63) is 96.1 Å². The van der Waals surface area contributed by atoms with Gasteiger partial charge in [0.2, 0.25) is 0 Å². The van der Waals surface area contributed by atoms with Crippen molar-refractivity contribution in [2.24, 2.45) is 11.8 Å². The number of hydrogen-bond acceptors (Lipinski definition) is 4. The average molecular weight is 511 g/mol. The van der Waals surface area contributed by atoms with Crippen LogP contribution in [-0.2, 0) is 0 Å². The molecule has 4 aromatic carbocycles. The van der Waals surface area contributed by atoms with Crippen LogP contribution < -0.4 is 20.1 Å². The molecule has 4 rings (SSSR count). The maximum atomic E-state index is 13.2. The van der Waals surface area contributed by atoms with E-state index in [0.717, 1.165) is 10.8 Å². The first-order chi connectivity index (χ1) is 18.3. The Morgan fingerprint density at radius 3 is 1.37 bits per heavy atom. The summed E-state index contributed by atoms with van der Waals surface area (Å²) in [5.74, 6) is 1.25. The SMILES string of the molecule is CC(C)COc1ccccc1C(=O)Nc1cccc2c(NC(=O)c3ccccc3OCC(C)C)cccc12. The lowest BCUT2D eigenvalue weighted by Gasteiger charge is -2.16. The van der Waals surface area contributed by atoms with E-state index in [0.29, 0.717) is 59.1 Å². The maximum Gasteiger partial charge on any atom is 0.259 e. The molecule has 0 saturated heterocycles. The molecular weight excluding hydrogens is 476 g/mol. The second-order valence-corrected chi connectivity index (χ2v) is 10.0. The van der Waals surface area contributed by atoms with E-state index in [2.05, 4.69) is 38.3 Å². The largest absolute Gasteiger partial charge is 0.492 e. The van der Waals surface area contributed by atoms with E-state index >= 15 is 0 Å². The van der Waals surface area contributed by atoms with Crippen LogP contribution in [0.3, 0.4) is 0 Å². The topological polar surface area (TPSA) is 76.7 Å². The van der Waals surface area contributed by atoms with Crippen LogP contribution >= 0.6 is 0 Å². The van der Waals surface area contributed by atoms with Crippen molar-refractivity contribution >= 4 is 34.0 Å². The zero-order valence-corrected chi connectivity index (χ0v) is 22.3. The van der Waals surface area contributed by atoms with Gasteiger partial charge in [-0.25, -0.2) is 0 Å². The highest BCUT2D eigenvalue weighted by Crippen LogP contribution is 2.31. The minimum absolute atomic E-state index is 0.262. The van der Waals surface area contributed by atoms with E-state index in [1.54, 1.807) is 24.3 Å². The van der Waals surface area contributed by atoms with Crippen LogP contribution in [0.4, 0.5) is 11.4 Å². The number of ether oxygens (including phenoxy) is 2. The summed E-state index contributed by atoms with van der Waals surface area (Å²) in [7, 11) is 0. The molecule has 0 aliphatic carbocycles. The molecule has 2 amide bonds. The number of fused-ring (bicyclic) bond motifs is 1. The Morgan fingerprint density at radius 1 is 0.579 bits per heavy atom. The third kappa shape index (κ3) is 6.51. The lowest BCUT2D eigenvalue weighted by molar-refractivity contribution is 0.101. The number of carbonyl (C=O) groups is 2. The zero-order valence-electron chi connectivity index (χ0n) is 22.3. The molecule has 6 nitrogen and oxygen atoms in total. The minimum atomic E-state index is -0.262. The summed E-state index contributed by atoms with van der Waals surface area (Å²) in [6.07, 6.45) is 0. The summed E-state index contributed by atoms with van der Waals surface area (Å²) < 4.78 is 11.7. The van der Waals surface area contributed by atoms with Crippen LogP contribution in [0.1, 0.15) is 48.4 Å². The normalized spacial score (nSPS) is 11.0. The Labute approximate surface area is 224 Å². The van der Waals surface area contributed by atoms with E-state index < -0.39 is 0 Å². The summed E-state index contributed by atoms with van der Waals surface area (Å²) in [5, 5.41) is 7.67. The summed E-state index contributed by atoms with van der Waals surface area (Å²) in [6.45, 7) is 9.29. The molecule has 0 fully saturated rings. The van der Waals surface area contributed by atoms with Crippen LogP contribution in [0.2, 0.25) is 0 Å².